The first-order valence-corrected chi connectivity index (χ1v) is 11.8. The summed E-state index contributed by atoms with van der Waals surface area (Å²) < 4.78 is 13.6. The van der Waals surface area contributed by atoms with Crippen LogP contribution in [0.25, 0.3) is 11.0 Å². The molecule has 0 saturated carbocycles. The van der Waals surface area contributed by atoms with Crippen LogP contribution < -0.4 is 19.9 Å². The van der Waals surface area contributed by atoms with E-state index >= 15 is 0 Å². The van der Waals surface area contributed by atoms with E-state index in [2.05, 4.69) is 34.8 Å². The average Bonchev–Trinajstić information content (AvgIpc) is 2.82. The summed E-state index contributed by atoms with van der Waals surface area (Å²) in [5, 5.41) is 9.36. The van der Waals surface area contributed by atoms with Crippen LogP contribution in [0.4, 0.5) is 5.69 Å². The Bertz CT molecular complexity index is 1260. The molecule has 34 heavy (non-hydrogen) atoms. The van der Waals surface area contributed by atoms with Gasteiger partial charge < -0.3 is 18.9 Å². The molecule has 3 aromatic heterocycles. The van der Waals surface area contributed by atoms with E-state index in [1.54, 1.807) is 36.0 Å². The maximum atomic E-state index is 12.7. The quantitative estimate of drug-likeness (QED) is 0.546. The predicted octanol–water partition coefficient (Wildman–Crippen LogP) is 4.06. The Kier molecular flexibility index (Phi) is 6.73. The number of rotatable bonds is 6. The Morgan fingerprint density at radius 1 is 1.26 bits per heavy atom. The van der Waals surface area contributed by atoms with Crippen molar-refractivity contribution in [1.82, 2.24) is 14.5 Å². The van der Waals surface area contributed by atoms with Gasteiger partial charge >= 0.3 is 0 Å². The highest BCUT2D eigenvalue weighted by Gasteiger charge is 2.35. The number of hydrogen-bond acceptors (Lipinski definition) is 7. The highest BCUT2D eigenvalue weighted by atomic mass is 16.5. The molecule has 1 aliphatic heterocycles. The standard InChI is InChI=1S/C26H31N5O3/c1-6-18-15-31(22-12-25(32)30(5)21-9-7-19(13-27)29-26(21)22)17(4)11-23(18)34-24-10-8-20(14-28-24)33-16(2)3/h7-10,12,14,16-18,23H,6,11,15H2,1-5H3/t17-,18+,23+/m0/s1. The number of aromatic nitrogens is 3. The zero-order valence-corrected chi connectivity index (χ0v) is 20.4. The maximum absolute atomic E-state index is 12.7. The number of nitriles is 1. The number of pyridine rings is 3. The third-order valence-electron chi connectivity index (χ3n) is 6.43. The van der Waals surface area contributed by atoms with Crippen LogP contribution in [0.3, 0.4) is 0 Å². The Morgan fingerprint density at radius 2 is 2.06 bits per heavy atom. The third-order valence-corrected chi connectivity index (χ3v) is 6.43. The van der Waals surface area contributed by atoms with Gasteiger partial charge in [-0.15, -0.1) is 0 Å². The van der Waals surface area contributed by atoms with Gasteiger partial charge in [0.25, 0.3) is 5.56 Å². The number of nitrogens with zero attached hydrogens (tertiary/aromatic N) is 5. The summed E-state index contributed by atoms with van der Waals surface area (Å²) >= 11 is 0. The van der Waals surface area contributed by atoms with Crippen molar-refractivity contribution in [2.75, 3.05) is 11.4 Å². The third kappa shape index (κ3) is 4.69. The molecule has 4 heterocycles. The lowest BCUT2D eigenvalue weighted by Gasteiger charge is -2.43. The molecule has 0 unspecified atom stereocenters. The maximum Gasteiger partial charge on any atom is 0.252 e. The molecular formula is C26H31N5O3. The van der Waals surface area contributed by atoms with Crippen LogP contribution in [0.2, 0.25) is 0 Å². The fourth-order valence-corrected chi connectivity index (χ4v) is 4.60. The molecule has 3 aromatic rings. The van der Waals surface area contributed by atoms with E-state index in [0.717, 1.165) is 30.8 Å². The molecule has 0 amide bonds. The van der Waals surface area contributed by atoms with Crippen LogP contribution in [0.15, 0.2) is 41.3 Å². The van der Waals surface area contributed by atoms with Crippen molar-refractivity contribution in [2.45, 2.75) is 58.8 Å². The summed E-state index contributed by atoms with van der Waals surface area (Å²) in [5.74, 6) is 1.54. The molecule has 4 rings (SSSR count). The van der Waals surface area contributed by atoms with E-state index in [-0.39, 0.29) is 29.7 Å². The minimum atomic E-state index is -0.0967. The van der Waals surface area contributed by atoms with Crippen LogP contribution in [0, 0.1) is 17.2 Å². The summed E-state index contributed by atoms with van der Waals surface area (Å²) in [4.78, 5) is 23.9. The van der Waals surface area contributed by atoms with Gasteiger partial charge in [0.1, 0.15) is 29.1 Å². The lowest BCUT2D eigenvalue weighted by atomic mass is 9.88. The Balaban J connectivity index is 1.61. The molecule has 0 radical (unpaired) electrons. The zero-order valence-electron chi connectivity index (χ0n) is 20.4. The predicted molar refractivity (Wildman–Crippen MR) is 131 cm³/mol. The van der Waals surface area contributed by atoms with E-state index in [0.29, 0.717) is 22.6 Å². The van der Waals surface area contributed by atoms with Gasteiger partial charge in [0.2, 0.25) is 5.88 Å². The monoisotopic (exact) mass is 461 g/mol. The van der Waals surface area contributed by atoms with Crippen LogP contribution in [0.1, 0.15) is 46.2 Å². The van der Waals surface area contributed by atoms with Gasteiger partial charge in [-0.1, -0.05) is 6.92 Å². The Labute approximate surface area is 199 Å². The first-order valence-electron chi connectivity index (χ1n) is 11.8. The summed E-state index contributed by atoms with van der Waals surface area (Å²) in [6.45, 7) is 8.96. The van der Waals surface area contributed by atoms with E-state index in [4.69, 9.17) is 9.47 Å². The summed E-state index contributed by atoms with van der Waals surface area (Å²) in [6.07, 6.45) is 3.48. The molecular weight excluding hydrogens is 430 g/mol. The molecule has 0 N–H and O–H groups in total. The Morgan fingerprint density at radius 3 is 2.71 bits per heavy atom. The van der Waals surface area contributed by atoms with Gasteiger partial charge in [-0.25, -0.2) is 9.97 Å². The SMILES string of the molecule is CC[C@@H]1CN(c2cc(=O)n(C)c3ccc(C#N)nc23)[C@@H](C)C[C@H]1Oc1ccc(OC(C)C)cn1. The number of ether oxygens (including phenoxy) is 2. The smallest absolute Gasteiger partial charge is 0.252 e. The van der Waals surface area contributed by atoms with Gasteiger partial charge in [0.15, 0.2) is 0 Å². The molecule has 3 atom stereocenters. The van der Waals surface area contributed by atoms with Crippen molar-refractivity contribution in [1.29, 1.82) is 5.26 Å². The molecule has 0 aliphatic carbocycles. The van der Waals surface area contributed by atoms with Crippen molar-refractivity contribution in [3.05, 3.63) is 52.6 Å². The molecule has 1 fully saturated rings. The van der Waals surface area contributed by atoms with E-state index in [9.17, 15) is 10.1 Å². The van der Waals surface area contributed by atoms with Crippen LogP contribution in [0.5, 0.6) is 11.6 Å². The molecule has 0 spiro atoms. The highest BCUT2D eigenvalue weighted by molar-refractivity contribution is 5.88. The first-order chi connectivity index (χ1) is 16.3. The minimum absolute atomic E-state index is 0.000977. The van der Waals surface area contributed by atoms with Crippen molar-refractivity contribution < 1.29 is 9.47 Å². The topological polar surface area (TPSA) is 93.3 Å². The van der Waals surface area contributed by atoms with Crippen LogP contribution in [-0.4, -0.2) is 39.3 Å². The second kappa shape index (κ2) is 9.72. The number of piperidine rings is 1. The largest absolute Gasteiger partial charge is 0.489 e. The van der Waals surface area contributed by atoms with E-state index in [1.165, 1.54) is 0 Å². The number of anilines is 1. The molecule has 1 aliphatic rings. The second-order valence-corrected chi connectivity index (χ2v) is 9.16. The lowest BCUT2D eigenvalue weighted by molar-refractivity contribution is 0.0911. The number of fused-ring (bicyclic) bond motifs is 1. The lowest BCUT2D eigenvalue weighted by Crippen LogP contribution is -2.50. The fraction of sp³-hybridized carbons (Fsp3) is 0.462. The number of hydrogen-bond donors (Lipinski definition) is 0. The number of aryl methyl sites for hydroxylation is 1. The van der Waals surface area contributed by atoms with Crippen molar-refractivity contribution in [3.63, 3.8) is 0 Å². The molecule has 0 bridgehead atoms. The molecule has 178 valence electrons. The highest BCUT2D eigenvalue weighted by Crippen LogP contribution is 2.34. The van der Waals surface area contributed by atoms with Gasteiger partial charge in [0.05, 0.1) is 23.5 Å². The van der Waals surface area contributed by atoms with Crippen molar-refractivity contribution in [2.24, 2.45) is 13.0 Å². The van der Waals surface area contributed by atoms with Crippen molar-refractivity contribution >= 4 is 16.7 Å². The van der Waals surface area contributed by atoms with Gasteiger partial charge in [-0.3, -0.25) is 4.79 Å². The average molecular weight is 462 g/mol. The van der Waals surface area contributed by atoms with Gasteiger partial charge in [0, 0.05) is 44.1 Å². The van der Waals surface area contributed by atoms with E-state index in [1.807, 2.05) is 26.0 Å². The summed E-state index contributed by atoms with van der Waals surface area (Å²) in [5.41, 5.74) is 2.40. The Hall–Kier alpha value is -3.60. The van der Waals surface area contributed by atoms with E-state index < -0.39 is 0 Å². The molecule has 8 heteroatoms. The molecule has 1 saturated heterocycles. The van der Waals surface area contributed by atoms with Gasteiger partial charge in [-0.05, 0) is 45.4 Å². The van der Waals surface area contributed by atoms with Gasteiger partial charge in [-0.2, -0.15) is 5.26 Å². The van der Waals surface area contributed by atoms with Crippen LogP contribution >= 0.6 is 0 Å². The first kappa shape index (κ1) is 23.6. The summed E-state index contributed by atoms with van der Waals surface area (Å²) in [6, 6.07) is 11.0. The zero-order chi connectivity index (χ0) is 24.4. The fourth-order valence-electron chi connectivity index (χ4n) is 4.60. The van der Waals surface area contributed by atoms with Crippen molar-refractivity contribution in [3.8, 4) is 17.7 Å². The molecule has 8 nitrogen and oxygen atoms in total. The normalized spacial score (nSPS) is 20.4. The second-order valence-electron chi connectivity index (χ2n) is 9.16. The van der Waals surface area contributed by atoms with Crippen LogP contribution in [-0.2, 0) is 7.05 Å². The molecule has 0 aromatic carbocycles. The minimum Gasteiger partial charge on any atom is -0.489 e. The summed E-state index contributed by atoms with van der Waals surface area (Å²) in [7, 11) is 1.73.